The number of hydrogen-bond acceptors (Lipinski definition) is 3. The van der Waals surface area contributed by atoms with E-state index in [2.05, 4.69) is 10.4 Å². The van der Waals surface area contributed by atoms with Crippen molar-refractivity contribution in [2.45, 2.75) is 40.2 Å². The highest BCUT2D eigenvalue weighted by Gasteiger charge is 2.14. The Kier molecular flexibility index (Phi) is 5.34. The number of rotatable bonds is 6. The van der Waals surface area contributed by atoms with E-state index in [-0.39, 0.29) is 18.6 Å². The van der Waals surface area contributed by atoms with E-state index < -0.39 is 0 Å². The quantitative estimate of drug-likeness (QED) is 0.826. The molecule has 1 N–H and O–H groups in total. The molecule has 18 heavy (non-hydrogen) atoms. The van der Waals surface area contributed by atoms with Crippen LogP contribution in [0.3, 0.4) is 0 Å². The Labute approximate surface area is 109 Å². The molecule has 1 rings (SSSR count). The molecule has 0 fully saturated rings. The zero-order chi connectivity index (χ0) is 13.7. The summed E-state index contributed by atoms with van der Waals surface area (Å²) in [7, 11) is 1.93. The molecule has 0 saturated heterocycles. The number of ether oxygens (including phenoxy) is 1. The van der Waals surface area contributed by atoms with Crippen molar-refractivity contribution in [3.63, 3.8) is 0 Å². The number of nitrogens with zero attached hydrogens (tertiary/aromatic N) is 2. The van der Waals surface area contributed by atoms with Crippen LogP contribution in [-0.4, -0.2) is 34.9 Å². The standard InChI is InChI=1S/C13H23N3O2/c1-6-18-8-13(17)14-9(2)7-12-10(3)15-16(5)11(12)4/h9H,6-8H2,1-5H3,(H,14,17)/t9-/m1/s1. The summed E-state index contributed by atoms with van der Waals surface area (Å²) in [6.07, 6.45) is 0.795. The predicted octanol–water partition coefficient (Wildman–Crippen LogP) is 1.12. The van der Waals surface area contributed by atoms with Crippen LogP contribution in [0.2, 0.25) is 0 Å². The lowest BCUT2D eigenvalue weighted by molar-refractivity contribution is -0.126. The smallest absolute Gasteiger partial charge is 0.246 e. The third-order valence-corrected chi connectivity index (χ3v) is 3.01. The van der Waals surface area contributed by atoms with E-state index in [4.69, 9.17) is 4.74 Å². The second kappa shape index (κ2) is 6.54. The molecule has 1 amide bonds. The fourth-order valence-corrected chi connectivity index (χ4v) is 1.98. The van der Waals surface area contributed by atoms with E-state index >= 15 is 0 Å². The number of hydrogen-bond donors (Lipinski definition) is 1. The van der Waals surface area contributed by atoms with Crippen LogP contribution < -0.4 is 5.32 Å². The van der Waals surface area contributed by atoms with Gasteiger partial charge in [-0.15, -0.1) is 0 Å². The number of amides is 1. The van der Waals surface area contributed by atoms with Crippen molar-refractivity contribution in [2.24, 2.45) is 7.05 Å². The van der Waals surface area contributed by atoms with E-state index in [1.165, 1.54) is 5.56 Å². The van der Waals surface area contributed by atoms with E-state index in [0.717, 1.165) is 17.8 Å². The van der Waals surface area contributed by atoms with Gasteiger partial charge in [-0.25, -0.2) is 0 Å². The Morgan fingerprint density at radius 3 is 2.67 bits per heavy atom. The van der Waals surface area contributed by atoms with Crippen LogP contribution in [0.5, 0.6) is 0 Å². The van der Waals surface area contributed by atoms with Crippen LogP contribution in [0.25, 0.3) is 0 Å². The van der Waals surface area contributed by atoms with Crippen molar-refractivity contribution in [1.82, 2.24) is 15.1 Å². The lowest BCUT2D eigenvalue weighted by Gasteiger charge is -2.14. The predicted molar refractivity (Wildman–Crippen MR) is 70.5 cm³/mol. The van der Waals surface area contributed by atoms with E-state index in [0.29, 0.717) is 6.61 Å². The van der Waals surface area contributed by atoms with Crippen molar-refractivity contribution < 1.29 is 9.53 Å². The Balaban J connectivity index is 2.54. The molecule has 0 aliphatic heterocycles. The molecule has 1 heterocycles. The van der Waals surface area contributed by atoms with Gasteiger partial charge in [-0.3, -0.25) is 9.48 Å². The van der Waals surface area contributed by atoms with Crippen molar-refractivity contribution in [3.05, 3.63) is 17.0 Å². The maximum absolute atomic E-state index is 11.5. The lowest BCUT2D eigenvalue weighted by atomic mass is 10.1. The lowest BCUT2D eigenvalue weighted by Crippen LogP contribution is -2.36. The Morgan fingerprint density at radius 2 is 2.17 bits per heavy atom. The SMILES string of the molecule is CCOCC(=O)N[C@H](C)Cc1c(C)nn(C)c1C. The Morgan fingerprint density at radius 1 is 1.50 bits per heavy atom. The van der Waals surface area contributed by atoms with E-state index in [9.17, 15) is 4.79 Å². The second-order valence-electron chi connectivity index (χ2n) is 4.58. The topological polar surface area (TPSA) is 56.1 Å². The van der Waals surface area contributed by atoms with Gasteiger partial charge in [0.25, 0.3) is 0 Å². The summed E-state index contributed by atoms with van der Waals surface area (Å²) >= 11 is 0. The van der Waals surface area contributed by atoms with Crippen LogP contribution in [-0.2, 0) is 23.0 Å². The Bertz CT molecular complexity index is 413. The van der Waals surface area contributed by atoms with Crippen molar-refractivity contribution >= 4 is 5.91 Å². The minimum Gasteiger partial charge on any atom is -0.372 e. The number of aromatic nitrogens is 2. The fraction of sp³-hybridized carbons (Fsp3) is 0.692. The van der Waals surface area contributed by atoms with Gasteiger partial charge in [0, 0.05) is 25.4 Å². The van der Waals surface area contributed by atoms with Crippen LogP contribution in [0.4, 0.5) is 0 Å². The van der Waals surface area contributed by atoms with Crippen LogP contribution in [0, 0.1) is 13.8 Å². The largest absolute Gasteiger partial charge is 0.372 e. The summed E-state index contributed by atoms with van der Waals surface area (Å²) in [5.74, 6) is -0.0662. The van der Waals surface area contributed by atoms with Gasteiger partial charge in [0.2, 0.25) is 5.91 Å². The molecule has 1 aromatic rings. The first kappa shape index (κ1) is 14.7. The summed E-state index contributed by atoms with van der Waals surface area (Å²) in [5, 5.41) is 7.30. The maximum atomic E-state index is 11.5. The molecule has 1 aromatic heterocycles. The molecule has 5 nitrogen and oxygen atoms in total. The van der Waals surface area contributed by atoms with E-state index in [1.807, 2.05) is 39.4 Å². The highest BCUT2D eigenvalue weighted by Crippen LogP contribution is 2.13. The number of carbonyl (C=O) groups is 1. The number of carbonyl (C=O) groups excluding carboxylic acids is 1. The van der Waals surface area contributed by atoms with Gasteiger partial charge >= 0.3 is 0 Å². The molecule has 0 radical (unpaired) electrons. The molecule has 0 aromatic carbocycles. The van der Waals surface area contributed by atoms with Gasteiger partial charge in [0.1, 0.15) is 6.61 Å². The number of aryl methyl sites for hydroxylation is 2. The molecular formula is C13H23N3O2. The molecule has 0 bridgehead atoms. The molecule has 0 spiro atoms. The fourth-order valence-electron chi connectivity index (χ4n) is 1.98. The van der Waals surface area contributed by atoms with Crippen molar-refractivity contribution in [1.29, 1.82) is 0 Å². The molecule has 0 aliphatic rings. The van der Waals surface area contributed by atoms with Crippen LogP contribution in [0.1, 0.15) is 30.8 Å². The highest BCUT2D eigenvalue weighted by atomic mass is 16.5. The van der Waals surface area contributed by atoms with Gasteiger partial charge in [0.15, 0.2) is 0 Å². The minimum absolute atomic E-state index is 0.0662. The normalized spacial score (nSPS) is 12.5. The minimum atomic E-state index is -0.0662. The molecule has 0 unspecified atom stereocenters. The molecule has 0 saturated carbocycles. The molecule has 5 heteroatoms. The maximum Gasteiger partial charge on any atom is 0.246 e. The zero-order valence-electron chi connectivity index (χ0n) is 11.9. The molecule has 102 valence electrons. The zero-order valence-corrected chi connectivity index (χ0v) is 11.9. The number of nitrogens with one attached hydrogen (secondary N) is 1. The third kappa shape index (κ3) is 3.84. The second-order valence-corrected chi connectivity index (χ2v) is 4.58. The summed E-state index contributed by atoms with van der Waals surface area (Å²) < 4.78 is 6.94. The van der Waals surface area contributed by atoms with Gasteiger partial charge in [-0.05, 0) is 39.7 Å². The van der Waals surface area contributed by atoms with Gasteiger partial charge in [-0.1, -0.05) is 0 Å². The highest BCUT2D eigenvalue weighted by molar-refractivity contribution is 5.77. The summed E-state index contributed by atoms with van der Waals surface area (Å²) in [4.78, 5) is 11.5. The first-order valence-electron chi connectivity index (χ1n) is 6.31. The van der Waals surface area contributed by atoms with Crippen molar-refractivity contribution in [3.8, 4) is 0 Å². The molecule has 1 atom stereocenters. The summed E-state index contributed by atoms with van der Waals surface area (Å²) in [5.41, 5.74) is 3.39. The van der Waals surface area contributed by atoms with Gasteiger partial charge in [0.05, 0.1) is 5.69 Å². The molecule has 0 aliphatic carbocycles. The van der Waals surface area contributed by atoms with E-state index in [1.54, 1.807) is 0 Å². The first-order chi connectivity index (χ1) is 8.45. The summed E-state index contributed by atoms with van der Waals surface area (Å²) in [6.45, 7) is 8.60. The third-order valence-electron chi connectivity index (χ3n) is 3.01. The van der Waals surface area contributed by atoms with Gasteiger partial charge in [-0.2, -0.15) is 5.10 Å². The Hall–Kier alpha value is -1.36. The van der Waals surface area contributed by atoms with Crippen LogP contribution in [0.15, 0.2) is 0 Å². The van der Waals surface area contributed by atoms with Crippen molar-refractivity contribution in [2.75, 3.05) is 13.2 Å². The van der Waals surface area contributed by atoms with Crippen LogP contribution >= 0.6 is 0 Å². The first-order valence-corrected chi connectivity index (χ1v) is 6.31. The van der Waals surface area contributed by atoms with Gasteiger partial charge < -0.3 is 10.1 Å². The average Bonchev–Trinajstić information content (AvgIpc) is 2.53. The monoisotopic (exact) mass is 253 g/mol. The average molecular weight is 253 g/mol. The summed E-state index contributed by atoms with van der Waals surface area (Å²) in [6, 6.07) is 0.0829. The molecular weight excluding hydrogens is 230 g/mol.